The quantitative estimate of drug-likeness (QED) is 0.350. The van der Waals surface area contributed by atoms with Crippen LogP contribution in [0, 0.1) is 11.3 Å². The monoisotopic (exact) mass is 516 g/mol. The highest BCUT2D eigenvalue weighted by Gasteiger charge is 2.35. The highest BCUT2D eigenvalue weighted by atomic mass is 32.1. The highest BCUT2D eigenvalue weighted by molar-refractivity contribution is 7.10. The molecular weight excluding hydrogens is 480 g/mol. The van der Waals surface area contributed by atoms with E-state index in [0.717, 1.165) is 79.3 Å². The lowest BCUT2D eigenvalue weighted by Crippen LogP contribution is -2.35. The van der Waals surface area contributed by atoms with E-state index in [-0.39, 0.29) is 17.9 Å². The number of nitrogens with zero attached hydrogens (tertiary/aromatic N) is 2. The van der Waals surface area contributed by atoms with Crippen LogP contribution in [0.25, 0.3) is 22.6 Å². The van der Waals surface area contributed by atoms with Crippen molar-refractivity contribution < 1.29 is 14.3 Å². The van der Waals surface area contributed by atoms with Crippen LogP contribution in [-0.2, 0) is 16.0 Å². The maximum Gasteiger partial charge on any atom is 0.339 e. The minimum absolute atomic E-state index is 0.0573. The molecule has 1 aliphatic heterocycles. The van der Waals surface area contributed by atoms with E-state index in [4.69, 9.17) is 9.72 Å². The summed E-state index contributed by atoms with van der Waals surface area (Å²) in [7, 11) is 0. The van der Waals surface area contributed by atoms with E-state index < -0.39 is 5.97 Å². The number of thiophene rings is 1. The molecule has 1 aliphatic carbocycles. The summed E-state index contributed by atoms with van der Waals surface area (Å²) in [6.07, 6.45) is 8.20. The van der Waals surface area contributed by atoms with Crippen molar-refractivity contribution in [3.05, 3.63) is 63.5 Å². The minimum atomic E-state index is -0.428. The van der Waals surface area contributed by atoms with Gasteiger partial charge in [-0.25, -0.2) is 9.78 Å². The van der Waals surface area contributed by atoms with Gasteiger partial charge in [0.25, 0.3) is 5.91 Å². The number of hydrogen-bond acceptors (Lipinski definition) is 5. The summed E-state index contributed by atoms with van der Waals surface area (Å²) < 4.78 is 5.74. The van der Waals surface area contributed by atoms with Gasteiger partial charge < -0.3 is 9.64 Å². The molecule has 0 saturated carbocycles. The van der Waals surface area contributed by atoms with Crippen molar-refractivity contribution in [3.63, 3.8) is 0 Å². The highest BCUT2D eigenvalue weighted by Crippen LogP contribution is 2.45. The van der Waals surface area contributed by atoms with Gasteiger partial charge in [0.2, 0.25) is 0 Å². The SMILES string of the molecule is CC(C)(C)C1C/C(=C/c2cccs2)c2nc3ccccc3c(C(=O)OCC(=O)N3CCCCCC3)c2C1. The summed E-state index contributed by atoms with van der Waals surface area (Å²) in [6, 6.07) is 11.9. The van der Waals surface area contributed by atoms with Crippen molar-refractivity contribution in [2.75, 3.05) is 19.7 Å². The molecule has 0 bridgehead atoms. The van der Waals surface area contributed by atoms with Crippen LogP contribution in [0.4, 0.5) is 0 Å². The number of likely N-dealkylation sites (tertiary alicyclic amines) is 1. The van der Waals surface area contributed by atoms with Gasteiger partial charge in [0.1, 0.15) is 0 Å². The molecule has 6 heteroatoms. The second-order valence-electron chi connectivity index (χ2n) is 11.4. The standard InChI is InChI=1S/C31H36N2O3S/c1-31(2,3)22-17-21(18-23-11-10-16-37-23)29-25(19-22)28(24-12-6-7-13-26(24)32-29)30(35)36-20-27(34)33-14-8-4-5-9-15-33/h6-7,10-13,16,18,22H,4-5,8-9,14-15,17,19-20H2,1-3H3/b21-18-. The molecule has 3 heterocycles. The summed E-state index contributed by atoms with van der Waals surface area (Å²) in [4.78, 5) is 34.7. The number of carbonyl (C=O) groups is 2. The third kappa shape index (κ3) is 5.64. The number of benzene rings is 1. The molecule has 0 radical (unpaired) electrons. The van der Waals surface area contributed by atoms with Crippen molar-refractivity contribution >= 4 is 45.8 Å². The van der Waals surface area contributed by atoms with Crippen molar-refractivity contribution in [2.45, 2.75) is 59.3 Å². The molecule has 1 aromatic carbocycles. The van der Waals surface area contributed by atoms with E-state index in [2.05, 4.69) is 44.4 Å². The van der Waals surface area contributed by atoms with E-state index in [1.807, 2.05) is 29.2 Å². The van der Waals surface area contributed by atoms with E-state index >= 15 is 0 Å². The Morgan fingerprint density at radius 2 is 1.81 bits per heavy atom. The summed E-state index contributed by atoms with van der Waals surface area (Å²) in [6.45, 7) is 8.06. The molecule has 0 spiro atoms. The predicted octanol–water partition coefficient (Wildman–Crippen LogP) is 7.00. The van der Waals surface area contributed by atoms with E-state index in [1.165, 1.54) is 4.88 Å². The van der Waals surface area contributed by atoms with Crippen LogP contribution in [0.3, 0.4) is 0 Å². The molecule has 3 aromatic rings. The summed E-state index contributed by atoms with van der Waals surface area (Å²) in [5.74, 6) is -0.184. The van der Waals surface area contributed by atoms with Crippen LogP contribution in [0.15, 0.2) is 41.8 Å². The number of pyridine rings is 1. The number of amides is 1. The summed E-state index contributed by atoms with van der Waals surface area (Å²) in [5.41, 5.74) is 4.39. The van der Waals surface area contributed by atoms with Gasteiger partial charge in [0.05, 0.1) is 16.8 Å². The number of hydrogen-bond donors (Lipinski definition) is 0. The van der Waals surface area contributed by atoms with E-state index in [9.17, 15) is 9.59 Å². The van der Waals surface area contributed by atoms with Gasteiger partial charge >= 0.3 is 5.97 Å². The molecule has 1 atom stereocenters. The molecule has 1 saturated heterocycles. The first-order valence-corrected chi connectivity index (χ1v) is 14.3. The summed E-state index contributed by atoms with van der Waals surface area (Å²) in [5, 5.41) is 2.87. The molecule has 194 valence electrons. The van der Waals surface area contributed by atoms with E-state index in [0.29, 0.717) is 11.5 Å². The zero-order valence-corrected chi connectivity index (χ0v) is 22.9. The molecule has 1 amide bonds. The van der Waals surface area contributed by atoms with Crippen molar-refractivity contribution in [3.8, 4) is 0 Å². The van der Waals surface area contributed by atoms with Crippen LogP contribution in [0.2, 0.25) is 0 Å². The maximum atomic E-state index is 13.7. The lowest BCUT2D eigenvalue weighted by atomic mass is 9.69. The topological polar surface area (TPSA) is 59.5 Å². The van der Waals surface area contributed by atoms with Crippen LogP contribution >= 0.6 is 11.3 Å². The lowest BCUT2D eigenvalue weighted by Gasteiger charge is -2.36. The normalized spacial score (nSPS) is 19.5. The van der Waals surface area contributed by atoms with Gasteiger partial charge in [-0.05, 0) is 71.7 Å². The largest absolute Gasteiger partial charge is 0.452 e. The smallest absolute Gasteiger partial charge is 0.339 e. The second kappa shape index (κ2) is 10.8. The van der Waals surface area contributed by atoms with Crippen LogP contribution in [0.5, 0.6) is 0 Å². The van der Waals surface area contributed by atoms with E-state index in [1.54, 1.807) is 11.3 Å². The molecule has 5 rings (SSSR count). The second-order valence-corrected chi connectivity index (χ2v) is 12.3. The van der Waals surface area contributed by atoms with Gasteiger partial charge in [-0.3, -0.25) is 4.79 Å². The Hall–Kier alpha value is -2.99. The zero-order chi connectivity index (χ0) is 26.0. The Labute approximate surface area is 223 Å². The number of rotatable bonds is 4. The zero-order valence-electron chi connectivity index (χ0n) is 22.1. The molecule has 5 nitrogen and oxygen atoms in total. The molecule has 1 unspecified atom stereocenters. The average molecular weight is 517 g/mol. The van der Waals surface area contributed by atoms with Gasteiger partial charge in [-0.2, -0.15) is 0 Å². The van der Waals surface area contributed by atoms with Crippen molar-refractivity contribution in [1.82, 2.24) is 9.88 Å². The fourth-order valence-corrected chi connectivity index (χ4v) is 6.21. The van der Waals surface area contributed by atoms with Crippen LogP contribution in [-0.4, -0.2) is 41.5 Å². The molecule has 2 aromatic heterocycles. The number of aromatic nitrogens is 1. The number of para-hydroxylation sites is 1. The molecule has 2 aliphatic rings. The van der Waals surface area contributed by atoms with Gasteiger partial charge in [-0.15, -0.1) is 11.3 Å². The summed E-state index contributed by atoms with van der Waals surface area (Å²) >= 11 is 1.70. The Balaban J connectivity index is 1.54. The molecule has 0 N–H and O–H groups in total. The average Bonchev–Trinajstić information content (AvgIpc) is 3.23. The van der Waals surface area contributed by atoms with Crippen molar-refractivity contribution in [2.24, 2.45) is 11.3 Å². The maximum absolute atomic E-state index is 13.7. The third-order valence-electron chi connectivity index (χ3n) is 7.79. The Morgan fingerprint density at radius 1 is 1.05 bits per heavy atom. The van der Waals surface area contributed by atoms with Gasteiger partial charge in [0, 0.05) is 23.4 Å². The fraction of sp³-hybridized carbons (Fsp3) is 0.452. The molecule has 1 fully saturated rings. The first-order chi connectivity index (χ1) is 17.8. The number of esters is 1. The first kappa shape index (κ1) is 25.7. The molecular formula is C31H36N2O3S. The Bertz CT molecular complexity index is 1310. The Kier molecular flexibility index (Phi) is 7.47. The van der Waals surface area contributed by atoms with Crippen LogP contribution < -0.4 is 0 Å². The first-order valence-electron chi connectivity index (χ1n) is 13.4. The van der Waals surface area contributed by atoms with Gasteiger partial charge in [-0.1, -0.05) is 57.9 Å². The Morgan fingerprint density at radius 3 is 2.51 bits per heavy atom. The lowest BCUT2D eigenvalue weighted by molar-refractivity contribution is -0.134. The number of carbonyl (C=O) groups excluding carboxylic acids is 2. The fourth-order valence-electron chi connectivity index (χ4n) is 5.53. The minimum Gasteiger partial charge on any atom is -0.452 e. The number of fused-ring (bicyclic) bond motifs is 2. The van der Waals surface area contributed by atoms with Crippen LogP contribution in [0.1, 0.15) is 79.4 Å². The predicted molar refractivity (Wildman–Crippen MR) is 151 cm³/mol. The third-order valence-corrected chi connectivity index (χ3v) is 8.61. The van der Waals surface area contributed by atoms with Gasteiger partial charge in [0.15, 0.2) is 6.61 Å². The molecule has 37 heavy (non-hydrogen) atoms. The van der Waals surface area contributed by atoms with Crippen molar-refractivity contribution in [1.29, 1.82) is 0 Å². The number of allylic oxidation sites excluding steroid dienone is 1. The number of ether oxygens (including phenoxy) is 1.